The minimum atomic E-state index is -0.682. The molecule has 1 aromatic heterocycles. The van der Waals surface area contributed by atoms with Crippen molar-refractivity contribution in [3.05, 3.63) is 40.5 Å². The Morgan fingerprint density at radius 2 is 2.03 bits per heavy atom. The quantitative estimate of drug-likeness (QED) is 0.608. The number of hydrogen-bond acceptors (Lipinski definition) is 8. The molecule has 2 heterocycles. The maximum atomic E-state index is 13.0. The van der Waals surface area contributed by atoms with Gasteiger partial charge in [0.2, 0.25) is 5.16 Å². The van der Waals surface area contributed by atoms with Crippen LogP contribution in [0.1, 0.15) is 51.0 Å². The van der Waals surface area contributed by atoms with Crippen LogP contribution in [-0.2, 0) is 22.5 Å². The molecule has 8 nitrogen and oxygen atoms in total. The van der Waals surface area contributed by atoms with E-state index >= 15 is 0 Å². The summed E-state index contributed by atoms with van der Waals surface area (Å²) in [6.07, 6.45) is 6.05. The number of esters is 1. The van der Waals surface area contributed by atoms with E-state index in [-0.39, 0.29) is 16.6 Å². The average Bonchev–Trinajstić information content (AvgIpc) is 3.47. The molecule has 31 heavy (non-hydrogen) atoms. The predicted octanol–water partition coefficient (Wildman–Crippen LogP) is 4.07. The number of cyclic esters (lactones) is 1. The Morgan fingerprint density at radius 1 is 1.29 bits per heavy atom. The fraction of sp³-hybridized carbons (Fsp3) is 0.545. The number of rotatable bonds is 8. The highest BCUT2D eigenvalue weighted by molar-refractivity contribution is 8.03. The molecular formula is C22H28N4O4S. The van der Waals surface area contributed by atoms with Gasteiger partial charge in [-0.05, 0) is 78.4 Å². The van der Waals surface area contributed by atoms with Crippen molar-refractivity contribution in [2.45, 2.75) is 69.2 Å². The van der Waals surface area contributed by atoms with Crippen molar-refractivity contribution < 1.29 is 19.4 Å². The van der Waals surface area contributed by atoms with E-state index in [2.05, 4.69) is 15.5 Å². The van der Waals surface area contributed by atoms with E-state index < -0.39 is 11.6 Å². The van der Waals surface area contributed by atoms with E-state index in [4.69, 9.17) is 9.47 Å². The number of methoxy groups -OCH3 is 1. The van der Waals surface area contributed by atoms with Gasteiger partial charge in [-0.2, -0.15) is 0 Å². The lowest BCUT2D eigenvalue weighted by atomic mass is 9.77. The van der Waals surface area contributed by atoms with Crippen molar-refractivity contribution in [1.29, 1.82) is 0 Å². The number of benzene rings is 1. The summed E-state index contributed by atoms with van der Waals surface area (Å²) in [5.74, 6) is 0.661. The highest BCUT2D eigenvalue weighted by atomic mass is 32.2. The number of aryl methyl sites for hydroxylation is 2. The topological polar surface area (TPSA) is 99.4 Å². The maximum absolute atomic E-state index is 13.0. The lowest BCUT2D eigenvalue weighted by Gasteiger charge is -2.41. The van der Waals surface area contributed by atoms with Crippen LogP contribution in [0.25, 0.3) is 0 Å². The first-order valence-electron chi connectivity index (χ1n) is 10.8. The van der Waals surface area contributed by atoms with Gasteiger partial charge in [-0.3, -0.25) is 0 Å². The number of carbonyl (C=O) groups excluding carboxylic acids is 1. The van der Waals surface area contributed by atoms with Crippen LogP contribution in [0.5, 0.6) is 5.75 Å². The van der Waals surface area contributed by atoms with Crippen molar-refractivity contribution in [2.24, 2.45) is 5.92 Å². The second kappa shape index (κ2) is 9.30. The summed E-state index contributed by atoms with van der Waals surface area (Å²) in [5, 5.41) is 22.9. The summed E-state index contributed by atoms with van der Waals surface area (Å²) in [7, 11) is 1.65. The third-order valence-corrected chi connectivity index (χ3v) is 7.38. The van der Waals surface area contributed by atoms with E-state index in [1.807, 2.05) is 31.2 Å². The molecule has 1 N–H and O–H groups in total. The molecule has 1 atom stereocenters. The number of hydrogen-bond donors (Lipinski definition) is 1. The molecule has 2 aromatic rings. The SMILES string of the molecule is CCn1nnnc1SC1=C(O)CC(CCc2ccc(OC)cc2)(C2CCCC2)OC1=O. The molecule has 2 aliphatic rings. The number of aliphatic hydroxyl groups is 1. The van der Waals surface area contributed by atoms with Crippen LogP contribution in [0, 0.1) is 5.92 Å². The van der Waals surface area contributed by atoms with Gasteiger partial charge >= 0.3 is 5.97 Å². The monoisotopic (exact) mass is 444 g/mol. The molecule has 166 valence electrons. The molecule has 4 rings (SSSR count). The Balaban J connectivity index is 1.56. The Bertz CT molecular complexity index is 953. The Hall–Kier alpha value is -2.55. The lowest BCUT2D eigenvalue weighted by Crippen LogP contribution is -2.45. The average molecular weight is 445 g/mol. The molecule has 9 heteroatoms. The van der Waals surface area contributed by atoms with E-state index in [0.717, 1.165) is 55.2 Å². The molecule has 0 bridgehead atoms. The first-order chi connectivity index (χ1) is 15.0. The predicted molar refractivity (Wildman–Crippen MR) is 116 cm³/mol. The van der Waals surface area contributed by atoms with Crippen LogP contribution in [0.4, 0.5) is 0 Å². The van der Waals surface area contributed by atoms with Gasteiger partial charge in [-0.25, -0.2) is 9.48 Å². The van der Waals surface area contributed by atoms with Crippen LogP contribution >= 0.6 is 11.8 Å². The molecule has 1 fully saturated rings. The zero-order chi connectivity index (χ0) is 21.8. The van der Waals surface area contributed by atoms with Gasteiger partial charge in [0.1, 0.15) is 22.0 Å². The molecular weight excluding hydrogens is 416 g/mol. The summed E-state index contributed by atoms with van der Waals surface area (Å²) in [5.41, 5.74) is 0.471. The van der Waals surface area contributed by atoms with Gasteiger partial charge in [-0.1, -0.05) is 25.0 Å². The molecule has 1 unspecified atom stereocenters. The van der Waals surface area contributed by atoms with Gasteiger partial charge in [0, 0.05) is 13.0 Å². The van der Waals surface area contributed by atoms with Crippen molar-refractivity contribution in [1.82, 2.24) is 20.2 Å². The Kier molecular flexibility index (Phi) is 6.50. The summed E-state index contributed by atoms with van der Waals surface area (Å²) in [4.78, 5) is 13.2. The number of nitrogens with zero attached hydrogens (tertiary/aromatic N) is 4. The number of tetrazole rings is 1. The second-order valence-corrected chi connectivity index (χ2v) is 9.09. The van der Waals surface area contributed by atoms with E-state index in [1.165, 1.54) is 0 Å². The molecule has 0 saturated heterocycles. The zero-order valence-electron chi connectivity index (χ0n) is 17.9. The third kappa shape index (κ3) is 4.56. The van der Waals surface area contributed by atoms with Crippen LogP contribution in [-0.4, -0.2) is 44.0 Å². The van der Waals surface area contributed by atoms with Crippen LogP contribution in [0.15, 0.2) is 40.1 Å². The first-order valence-corrected chi connectivity index (χ1v) is 11.6. The van der Waals surface area contributed by atoms with Gasteiger partial charge in [0.25, 0.3) is 0 Å². The standard InChI is InChI=1S/C22H28N4O4S/c1-3-26-21(23-24-25-26)31-19-18(27)14-22(30-20(19)28,16-6-4-5-7-16)13-12-15-8-10-17(29-2)11-9-15/h8-11,16,27H,3-7,12-14H2,1-2H3. The number of aliphatic hydroxyl groups excluding tert-OH is 1. The fourth-order valence-corrected chi connectivity index (χ4v) is 5.43. The van der Waals surface area contributed by atoms with Crippen LogP contribution in [0.2, 0.25) is 0 Å². The largest absolute Gasteiger partial charge is 0.511 e. The number of aromatic nitrogens is 4. The highest BCUT2D eigenvalue weighted by Crippen LogP contribution is 2.47. The Morgan fingerprint density at radius 3 is 2.68 bits per heavy atom. The van der Waals surface area contributed by atoms with Gasteiger partial charge in [0.05, 0.1) is 7.11 Å². The van der Waals surface area contributed by atoms with Crippen LogP contribution in [0.3, 0.4) is 0 Å². The molecule has 1 saturated carbocycles. The highest BCUT2D eigenvalue weighted by Gasteiger charge is 2.48. The first kappa shape index (κ1) is 21.7. The summed E-state index contributed by atoms with van der Waals surface area (Å²) >= 11 is 1.07. The molecule has 1 aromatic carbocycles. The molecule has 0 amide bonds. The summed E-state index contributed by atoms with van der Waals surface area (Å²) in [6.45, 7) is 2.49. The van der Waals surface area contributed by atoms with Crippen molar-refractivity contribution >= 4 is 17.7 Å². The minimum absolute atomic E-state index is 0.0773. The molecule has 1 aliphatic heterocycles. The zero-order valence-corrected chi connectivity index (χ0v) is 18.7. The number of carbonyl (C=O) groups is 1. The third-order valence-electron chi connectivity index (χ3n) is 6.30. The van der Waals surface area contributed by atoms with Crippen LogP contribution < -0.4 is 4.74 Å². The molecule has 1 aliphatic carbocycles. The number of thioether (sulfide) groups is 1. The summed E-state index contributed by atoms with van der Waals surface area (Å²) in [6, 6.07) is 7.95. The van der Waals surface area contributed by atoms with E-state index in [0.29, 0.717) is 24.5 Å². The molecule has 0 spiro atoms. The van der Waals surface area contributed by atoms with E-state index in [1.54, 1.807) is 11.8 Å². The van der Waals surface area contributed by atoms with Crippen molar-refractivity contribution in [3.8, 4) is 5.75 Å². The lowest BCUT2D eigenvalue weighted by molar-refractivity contribution is -0.166. The van der Waals surface area contributed by atoms with E-state index in [9.17, 15) is 9.90 Å². The molecule has 0 radical (unpaired) electrons. The fourth-order valence-electron chi connectivity index (χ4n) is 4.58. The maximum Gasteiger partial charge on any atom is 0.349 e. The van der Waals surface area contributed by atoms with Gasteiger partial charge < -0.3 is 14.6 Å². The van der Waals surface area contributed by atoms with Gasteiger partial charge in [-0.15, -0.1) is 5.10 Å². The normalized spacial score (nSPS) is 22.1. The van der Waals surface area contributed by atoms with Crippen molar-refractivity contribution in [2.75, 3.05) is 7.11 Å². The minimum Gasteiger partial charge on any atom is -0.511 e. The second-order valence-electron chi connectivity index (χ2n) is 8.12. The Labute approximate surface area is 186 Å². The summed E-state index contributed by atoms with van der Waals surface area (Å²) < 4.78 is 13.0. The van der Waals surface area contributed by atoms with Gasteiger partial charge in [0.15, 0.2) is 0 Å². The van der Waals surface area contributed by atoms with Crippen molar-refractivity contribution in [3.63, 3.8) is 0 Å². The number of ether oxygens (including phenoxy) is 2. The smallest absolute Gasteiger partial charge is 0.349 e.